The molecule has 2 amide bonds. The average Bonchev–Trinajstić information content (AvgIpc) is 3.05. The van der Waals surface area contributed by atoms with Crippen molar-refractivity contribution in [2.24, 2.45) is 0 Å². The van der Waals surface area contributed by atoms with Gasteiger partial charge in [-0.1, -0.05) is 23.7 Å². The fourth-order valence-corrected chi connectivity index (χ4v) is 2.99. The van der Waals surface area contributed by atoms with Crippen LogP contribution in [0.4, 0.5) is 4.79 Å². The predicted octanol–water partition coefficient (Wildman–Crippen LogP) is 3.86. The zero-order valence-corrected chi connectivity index (χ0v) is 15.3. The van der Waals surface area contributed by atoms with Crippen LogP contribution in [0.2, 0.25) is 5.02 Å². The summed E-state index contributed by atoms with van der Waals surface area (Å²) in [4.78, 5) is 18.2. The normalized spacial score (nSPS) is 16.9. The van der Waals surface area contributed by atoms with Gasteiger partial charge in [-0.25, -0.2) is 9.78 Å². The first kappa shape index (κ1) is 17.0. The number of carbonyl (C=O) groups is 1. The molecule has 7 heteroatoms. The van der Waals surface area contributed by atoms with E-state index in [2.05, 4.69) is 26.2 Å². The lowest BCUT2D eigenvalue weighted by Gasteiger charge is -2.18. The molecule has 1 saturated heterocycles. The average molecular weight is 411 g/mol. The van der Waals surface area contributed by atoms with Crippen molar-refractivity contribution in [2.45, 2.75) is 19.1 Å². The molecule has 0 saturated carbocycles. The number of hydrogen-bond acceptors (Lipinski definition) is 3. The van der Waals surface area contributed by atoms with Crippen molar-refractivity contribution in [3.63, 3.8) is 0 Å². The molecule has 1 aliphatic rings. The van der Waals surface area contributed by atoms with Gasteiger partial charge in [0.1, 0.15) is 6.10 Å². The maximum absolute atomic E-state index is 12.3. The Morgan fingerprint density at radius 3 is 2.92 bits per heavy atom. The second-order valence-electron chi connectivity index (χ2n) is 5.55. The van der Waals surface area contributed by atoms with Gasteiger partial charge in [-0.3, -0.25) is 0 Å². The van der Waals surface area contributed by atoms with E-state index in [1.807, 2.05) is 36.4 Å². The molecule has 1 unspecified atom stereocenters. The molecule has 2 aromatic rings. The van der Waals surface area contributed by atoms with E-state index in [0.29, 0.717) is 30.5 Å². The molecular formula is C17H17BrClN3O2. The summed E-state index contributed by atoms with van der Waals surface area (Å²) in [5, 5.41) is 3.61. The SMILES string of the molecule is O=C(NCc1ccc(Cl)cc1)N1CCC(Oc2ncccc2Br)C1. The molecule has 3 rings (SSSR count). The molecule has 1 N–H and O–H groups in total. The van der Waals surface area contributed by atoms with Crippen molar-refractivity contribution < 1.29 is 9.53 Å². The molecule has 1 aliphatic heterocycles. The van der Waals surface area contributed by atoms with Crippen molar-refractivity contribution in [1.29, 1.82) is 0 Å². The molecule has 1 aromatic heterocycles. The Morgan fingerprint density at radius 2 is 2.17 bits per heavy atom. The minimum Gasteiger partial charge on any atom is -0.472 e. The Balaban J connectivity index is 1.49. The number of benzene rings is 1. The van der Waals surface area contributed by atoms with E-state index in [9.17, 15) is 4.79 Å². The summed E-state index contributed by atoms with van der Waals surface area (Å²) in [6.07, 6.45) is 2.43. The Bertz CT molecular complexity index is 711. The highest BCUT2D eigenvalue weighted by atomic mass is 79.9. The highest BCUT2D eigenvalue weighted by Gasteiger charge is 2.28. The summed E-state index contributed by atoms with van der Waals surface area (Å²) in [6.45, 7) is 1.70. The van der Waals surface area contributed by atoms with Crippen LogP contribution in [-0.4, -0.2) is 35.1 Å². The second-order valence-corrected chi connectivity index (χ2v) is 6.84. The molecule has 1 aromatic carbocycles. The first-order chi connectivity index (χ1) is 11.6. The van der Waals surface area contributed by atoms with Gasteiger partial charge < -0.3 is 15.0 Å². The van der Waals surface area contributed by atoms with Crippen LogP contribution < -0.4 is 10.1 Å². The number of hydrogen-bond donors (Lipinski definition) is 1. The van der Waals surface area contributed by atoms with Crippen LogP contribution in [0.25, 0.3) is 0 Å². The van der Waals surface area contributed by atoms with Crippen LogP contribution in [0, 0.1) is 0 Å². The van der Waals surface area contributed by atoms with Gasteiger partial charge in [0.25, 0.3) is 0 Å². The van der Waals surface area contributed by atoms with Gasteiger partial charge in [-0.2, -0.15) is 0 Å². The van der Waals surface area contributed by atoms with Crippen LogP contribution in [0.1, 0.15) is 12.0 Å². The monoisotopic (exact) mass is 409 g/mol. The number of nitrogens with zero attached hydrogens (tertiary/aromatic N) is 2. The number of ether oxygens (including phenoxy) is 1. The van der Waals surface area contributed by atoms with Gasteiger partial charge in [0.15, 0.2) is 0 Å². The highest BCUT2D eigenvalue weighted by molar-refractivity contribution is 9.10. The Hall–Kier alpha value is -1.79. The lowest BCUT2D eigenvalue weighted by atomic mass is 10.2. The zero-order valence-electron chi connectivity index (χ0n) is 12.9. The molecule has 0 radical (unpaired) electrons. The number of aromatic nitrogens is 1. The Kier molecular flexibility index (Phi) is 5.58. The van der Waals surface area contributed by atoms with Crippen molar-refractivity contribution in [3.8, 4) is 5.88 Å². The topological polar surface area (TPSA) is 54.5 Å². The number of pyridine rings is 1. The van der Waals surface area contributed by atoms with E-state index in [-0.39, 0.29) is 12.1 Å². The second kappa shape index (κ2) is 7.85. The fourth-order valence-electron chi connectivity index (χ4n) is 2.52. The van der Waals surface area contributed by atoms with Crippen LogP contribution in [-0.2, 0) is 6.54 Å². The smallest absolute Gasteiger partial charge is 0.317 e. The van der Waals surface area contributed by atoms with E-state index in [0.717, 1.165) is 16.5 Å². The quantitative estimate of drug-likeness (QED) is 0.833. The summed E-state index contributed by atoms with van der Waals surface area (Å²) in [5.41, 5.74) is 1.01. The van der Waals surface area contributed by atoms with Crippen molar-refractivity contribution in [1.82, 2.24) is 15.2 Å². The summed E-state index contributed by atoms with van der Waals surface area (Å²) in [7, 11) is 0. The van der Waals surface area contributed by atoms with Crippen molar-refractivity contribution >= 4 is 33.6 Å². The van der Waals surface area contributed by atoms with Crippen molar-refractivity contribution in [2.75, 3.05) is 13.1 Å². The van der Waals surface area contributed by atoms with Crippen LogP contribution >= 0.6 is 27.5 Å². The lowest BCUT2D eigenvalue weighted by Crippen LogP contribution is -2.39. The molecule has 2 heterocycles. The van der Waals surface area contributed by atoms with Crippen LogP contribution in [0.15, 0.2) is 47.1 Å². The standard InChI is InChI=1S/C17H17BrClN3O2/c18-15-2-1-8-20-16(15)24-14-7-9-22(11-14)17(23)21-10-12-3-5-13(19)6-4-12/h1-6,8,14H,7,9-11H2,(H,21,23). The minimum absolute atomic E-state index is 0.0440. The van der Waals surface area contributed by atoms with E-state index < -0.39 is 0 Å². The van der Waals surface area contributed by atoms with Gasteiger partial charge in [-0.15, -0.1) is 0 Å². The number of urea groups is 1. The number of amides is 2. The molecule has 0 spiro atoms. The number of nitrogens with one attached hydrogen (secondary N) is 1. The maximum atomic E-state index is 12.3. The van der Waals surface area contributed by atoms with Gasteiger partial charge >= 0.3 is 6.03 Å². The Morgan fingerprint density at radius 1 is 1.38 bits per heavy atom. The largest absolute Gasteiger partial charge is 0.472 e. The minimum atomic E-state index is -0.0869. The van der Waals surface area contributed by atoms with E-state index in [4.69, 9.17) is 16.3 Å². The Labute approximate surface area is 154 Å². The third kappa shape index (κ3) is 4.39. The number of halogens is 2. The van der Waals surface area contributed by atoms with Crippen molar-refractivity contribution in [3.05, 3.63) is 57.7 Å². The van der Waals surface area contributed by atoms with Crippen LogP contribution in [0.3, 0.4) is 0 Å². The first-order valence-corrected chi connectivity index (χ1v) is 8.83. The summed E-state index contributed by atoms with van der Waals surface area (Å²) < 4.78 is 6.68. The molecule has 126 valence electrons. The summed E-state index contributed by atoms with van der Waals surface area (Å²) >= 11 is 9.27. The maximum Gasteiger partial charge on any atom is 0.317 e. The molecular weight excluding hydrogens is 394 g/mol. The number of carbonyl (C=O) groups excluding carboxylic acids is 1. The third-order valence-electron chi connectivity index (χ3n) is 3.79. The molecule has 0 aliphatic carbocycles. The summed E-state index contributed by atoms with van der Waals surface area (Å²) in [5.74, 6) is 0.561. The molecule has 24 heavy (non-hydrogen) atoms. The lowest BCUT2D eigenvalue weighted by molar-refractivity contribution is 0.182. The summed E-state index contributed by atoms with van der Waals surface area (Å²) in [6, 6.07) is 11.1. The van der Waals surface area contributed by atoms with Gasteiger partial charge in [0.2, 0.25) is 5.88 Å². The first-order valence-electron chi connectivity index (χ1n) is 7.66. The molecule has 1 atom stereocenters. The van der Waals surface area contributed by atoms with E-state index in [1.54, 1.807) is 11.1 Å². The van der Waals surface area contributed by atoms with Gasteiger partial charge in [0, 0.05) is 30.7 Å². The third-order valence-corrected chi connectivity index (χ3v) is 4.65. The van der Waals surface area contributed by atoms with Gasteiger partial charge in [-0.05, 0) is 45.8 Å². The molecule has 0 bridgehead atoms. The molecule has 1 fully saturated rings. The predicted molar refractivity (Wildman–Crippen MR) is 96.2 cm³/mol. The highest BCUT2D eigenvalue weighted by Crippen LogP contribution is 2.24. The molecule has 5 nitrogen and oxygen atoms in total. The van der Waals surface area contributed by atoms with E-state index >= 15 is 0 Å². The number of rotatable bonds is 4. The number of likely N-dealkylation sites (tertiary alicyclic amines) is 1. The van der Waals surface area contributed by atoms with E-state index in [1.165, 1.54) is 0 Å². The van der Waals surface area contributed by atoms with Crippen LogP contribution in [0.5, 0.6) is 5.88 Å². The zero-order chi connectivity index (χ0) is 16.9. The fraction of sp³-hybridized carbons (Fsp3) is 0.294. The van der Waals surface area contributed by atoms with Gasteiger partial charge in [0.05, 0.1) is 11.0 Å².